The van der Waals surface area contributed by atoms with Gasteiger partial charge in [0, 0.05) is 55.5 Å². The molecule has 0 aromatic rings. The van der Waals surface area contributed by atoms with Crippen LogP contribution in [0.5, 0.6) is 0 Å². The summed E-state index contributed by atoms with van der Waals surface area (Å²) < 4.78 is 46.3. The molecule has 6 aliphatic rings. The maximum Gasteiger partial charge on any atom is 1.00 e. The van der Waals surface area contributed by atoms with Crippen LogP contribution in [-0.2, 0) is 38.0 Å². The number of aliphatic hydroxyl groups is 3. The van der Waals surface area contributed by atoms with E-state index in [1.165, 1.54) is 6.92 Å². The van der Waals surface area contributed by atoms with Crippen molar-refractivity contribution in [2.24, 2.45) is 47.3 Å². The molecule has 3 N–H and O–H groups in total. The smallest absolute Gasteiger partial charge is 0.550 e. The molecule has 0 amide bonds. The number of carboxylic acids is 1. The van der Waals surface area contributed by atoms with Gasteiger partial charge < -0.3 is 58.4 Å². The molecule has 0 aliphatic carbocycles. The molecule has 6 fully saturated rings. The molecular weight excluding hydrogens is 707 g/mol. The van der Waals surface area contributed by atoms with Crippen molar-refractivity contribution < 1.29 is 87.9 Å². The number of aliphatic hydroxyl groups excluding tert-OH is 1. The molecule has 13 heteroatoms. The molecule has 0 bridgehead atoms. The number of carboxylic acid groups (broad SMARTS) is 1. The average molecular weight is 777 g/mol. The van der Waals surface area contributed by atoms with Crippen LogP contribution in [-0.4, -0.2) is 106 Å². The fourth-order valence-corrected chi connectivity index (χ4v) is 11.5. The quantitative estimate of drug-likeness (QED) is 0.300. The van der Waals surface area contributed by atoms with Crippen LogP contribution in [0.1, 0.15) is 121 Å². The second-order valence-corrected chi connectivity index (χ2v) is 19.1. The van der Waals surface area contributed by atoms with Gasteiger partial charge in [-0.15, -0.1) is 0 Å². The van der Waals surface area contributed by atoms with Crippen LogP contribution in [0.2, 0.25) is 0 Å². The number of ether oxygens (including phenoxy) is 7. The number of carbonyl (C=O) groups excluding carboxylic acids is 1. The fourth-order valence-electron chi connectivity index (χ4n) is 11.5. The molecule has 0 aromatic heterocycles. The fraction of sp³-hybridized carbons (Fsp3) is 0.976. The number of hydrogen-bond donors (Lipinski definition) is 3. The Hall–Kier alpha value is 0.0700. The minimum atomic E-state index is -2.02. The topological polar surface area (TPSA) is 165 Å². The maximum absolute atomic E-state index is 12.0. The van der Waals surface area contributed by atoms with E-state index in [-0.39, 0.29) is 89.5 Å². The van der Waals surface area contributed by atoms with Gasteiger partial charge >= 0.3 is 29.6 Å². The summed E-state index contributed by atoms with van der Waals surface area (Å²) in [5.74, 6) is -7.89. The van der Waals surface area contributed by atoms with Crippen molar-refractivity contribution in [1.82, 2.24) is 0 Å². The molecule has 1 spiro atoms. The molecule has 6 aliphatic heterocycles. The molecule has 6 saturated heterocycles. The largest absolute Gasteiger partial charge is 1.00 e. The van der Waals surface area contributed by atoms with E-state index in [9.17, 15) is 25.2 Å². The summed E-state index contributed by atoms with van der Waals surface area (Å²) in [6.45, 7) is 21.5. The van der Waals surface area contributed by atoms with Crippen LogP contribution in [0.4, 0.5) is 0 Å². The minimum absolute atomic E-state index is 0. The van der Waals surface area contributed by atoms with Crippen molar-refractivity contribution >= 4 is 5.97 Å². The van der Waals surface area contributed by atoms with Gasteiger partial charge in [0.15, 0.2) is 17.4 Å². The first-order chi connectivity index (χ1) is 24.5. The zero-order chi connectivity index (χ0) is 39.2. The molecular formula is C41H69NaO12. The van der Waals surface area contributed by atoms with Gasteiger partial charge in [-0.2, -0.15) is 0 Å². The molecule has 54 heavy (non-hydrogen) atoms. The van der Waals surface area contributed by atoms with Crippen LogP contribution in [0.15, 0.2) is 0 Å². The zero-order valence-corrected chi connectivity index (χ0v) is 37.2. The zero-order valence-electron chi connectivity index (χ0n) is 35.2. The number of hydrogen-bond acceptors (Lipinski definition) is 12. The van der Waals surface area contributed by atoms with Crippen molar-refractivity contribution in [3.8, 4) is 0 Å². The van der Waals surface area contributed by atoms with Crippen molar-refractivity contribution in [1.29, 1.82) is 0 Å². The number of rotatable bonds is 8. The predicted octanol–water partition coefficient (Wildman–Crippen LogP) is 0.939. The van der Waals surface area contributed by atoms with Crippen molar-refractivity contribution in [2.75, 3.05) is 7.11 Å². The van der Waals surface area contributed by atoms with Crippen LogP contribution in [0.25, 0.3) is 0 Å². The van der Waals surface area contributed by atoms with Gasteiger partial charge in [-0.3, -0.25) is 0 Å². The number of carbonyl (C=O) groups is 1. The Labute approximate surface area is 345 Å². The first-order valence-electron chi connectivity index (χ1n) is 20.4. The second-order valence-electron chi connectivity index (χ2n) is 19.1. The average Bonchev–Trinajstić information content (AvgIpc) is 3.78. The second kappa shape index (κ2) is 15.9. The maximum atomic E-state index is 12.0. The predicted molar refractivity (Wildman–Crippen MR) is 192 cm³/mol. The first-order valence-corrected chi connectivity index (χ1v) is 20.4. The molecule has 306 valence electrons. The van der Waals surface area contributed by atoms with Crippen LogP contribution in [0, 0.1) is 47.3 Å². The number of methoxy groups -OCH3 is 1. The standard InChI is InChI=1S/C41H70O12.Na/c1-20-17-22(3)39(11,45)50-31(20)29-18-21(2)35(48-29)38(10)14-13-30(49-38)37(9)15-16-40(53-37)19-28(42)23(4)32(51-40)24(5)33-25(6)34(47-12)26(7)41(46,52-33)27(8)36(43)44;/h20-35,42,45-46H,13-19H2,1-12H3,(H,43,44);/q;+1/p-1/t20-,21-,22+,23-,24+,25-,26-,27+,28-,29+,30+,31-,32?,33+,34-,35+,37-,38-,39-,40+,41+;/m0./s1. The van der Waals surface area contributed by atoms with E-state index < -0.39 is 70.8 Å². The molecule has 0 saturated carbocycles. The van der Waals surface area contributed by atoms with Crippen LogP contribution < -0.4 is 34.7 Å². The summed E-state index contributed by atoms with van der Waals surface area (Å²) in [6.07, 6.45) is 1.87. The normalized spacial score (nSPS) is 55.0. The van der Waals surface area contributed by atoms with Gasteiger partial charge in [-0.05, 0) is 64.7 Å². The summed E-state index contributed by atoms with van der Waals surface area (Å²) in [6, 6.07) is 0. The van der Waals surface area contributed by atoms with Gasteiger partial charge in [0.2, 0.25) is 0 Å². The Balaban J connectivity index is 0.00000561. The molecule has 6 rings (SSSR count). The van der Waals surface area contributed by atoms with Gasteiger partial charge in [0.05, 0.1) is 66.0 Å². The molecule has 21 atom stereocenters. The first kappa shape index (κ1) is 45.2. The van der Waals surface area contributed by atoms with Crippen LogP contribution in [0.3, 0.4) is 0 Å². The van der Waals surface area contributed by atoms with Crippen LogP contribution >= 0.6 is 0 Å². The van der Waals surface area contributed by atoms with E-state index in [1.807, 2.05) is 27.7 Å². The summed E-state index contributed by atoms with van der Waals surface area (Å²) in [7, 11) is 1.56. The Bertz CT molecular complexity index is 1340. The van der Waals surface area contributed by atoms with Crippen molar-refractivity contribution in [3.63, 3.8) is 0 Å². The van der Waals surface area contributed by atoms with Gasteiger partial charge in [0.1, 0.15) is 0 Å². The van der Waals surface area contributed by atoms with E-state index >= 15 is 0 Å². The van der Waals surface area contributed by atoms with Gasteiger partial charge in [0.25, 0.3) is 0 Å². The molecule has 12 nitrogen and oxygen atoms in total. The Morgan fingerprint density at radius 1 is 0.852 bits per heavy atom. The summed E-state index contributed by atoms with van der Waals surface area (Å²) >= 11 is 0. The van der Waals surface area contributed by atoms with E-state index in [2.05, 4.69) is 27.7 Å². The number of aliphatic carboxylic acids is 1. The van der Waals surface area contributed by atoms with E-state index in [0.717, 1.165) is 25.7 Å². The summed E-state index contributed by atoms with van der Waals surface area (Å²) in [5.41, 5.74) is -1.20. The minimum Gasteiger partial charge on any atom is -0.550 e. The molecule has 0 aromatic carbocycles. The Morgan fingerprint density at radius 2 is 1.50 bits per heavy atom. The monoisotopic (exact) mass is 776 g/mol. The van der Waals surface area contributed by atoms with E-state index in [1.54, 1.807) is 21.0 Å². The summed E-state index contributed by atoms with van der Waals surface area (Å²) in [5, 5.41) is 46.2. The Kier molecular flexibility index (Phi) is 13.3. The van der Waals surface area contributed by atoms with Gasteiger partial charge in [-0.1, -0.05) is 55.4 Å². The third-order valence-electron chi connectivity index (χ3n) is 15.2. The third-order valence-corrected chi connectivity index (χ3v) is 15.2. The molecule has 6 heterocycles. The van der Waals surface area contributed by atoms with Crippen molar-refractivity contribution in [3.05, 3.63) is 0 Å². The SMILES string of the molecule is CO[C@H]1[C@@H](C)[C@@H]([C@H](C)C2O[C@@]3(CC[C@@](C)([C@H]4CC[C@@](C)([C@@H]5O[C@@H]([C@H]6O[C@](C)(O)[C@H](C)C[C@@H]6C)C[C@@H]5C)O4)O3)C[C@H](O)[C@@H]2C)O[C@@](O)([C@H](C)C(=O)[O-])[C@H]1C.[Na+]. The summed E-state index contributed by atoms with van der Waals surface area (Å²) in [4.78, 5) is 12.0. The Morgan fingerprint density at radius 3 is 2.13 bits per heavy atom. The molecule has 1 unspecified atom stereocenters. The van der Waals surface area contributed by atoms with E-state index in [4.69, 9.17) is 33.2 Å². The van der Waals surface area contributed by atoms with Gasteiger partial charge in [-0.25, -0.2) is 0 Å². The van der Waals surface area contributed by atoms with E-state index in [0.29, 0.717) is 19.3 Å². The third kappa shape index (κ3) is 7.79. The van der Waals surface area contributed by atoms with Crippen molar-refractivity contribution in [2.45, 2.75) is 199 Å². The molecule has 0 radical (unpaired) electrons.